The van der Waals surface area contributed by atoms with E-state index in [2.05, 4.69) is 102 Å². The smallest absolute Gasteiger partial charge is 0.0998 e. The molecule has 0 aromatic heterocycles. The van der Waals surface area contributed by atoms with E-state index in [0.29, 0.717) is 0 Å². The molecule has 0 amide bonds. The monoisotopic (exact) mass is 488 g/mol. The largest absolute Gasteiger partial charge is 0.192 e. The van der Waals surface area contributed by atoms with Crippen LogP contribution in [0.5, 0.6) is 0 Å². The van der Waals surface area contributed by atoms with E-state index in [0.717, 1.165) is 21.9 Å². The molecule has 7 rings (SSSR count). The zero-order valence-electron chi connectivity index (χ0n) is 22.7. The zero-order valence-corrected chi connectivity index (χ0v) is 22.7. The Labute approximate surface area is 222 Å². The van der Waals surface area contributed by atoms with Crippen LogP contribution in [0.15, 0.2) is 60.7 Å². The van der Waals surface area contributed by atoms with Crippen LogP contribution in [0.3, 0.4) is 0 Å². The van der Waals surface area contributed by atoms with Crippen molar-refractivity contribution >= 4 is 64.6 Å². The van der Waals surface area contributed by atoms with Crippen LogP contribution in [0.4, 0.5) is 0 Å². The molecule has 0 atom stereocenters. The highest BCUT2D eigenvalue weighted by Crippen LogP contribution is 2.55. The van der Waals surface area contributed by atoms with Gasteiger partial charge in [0, 0.05) is 10.8 Å². The third kappa shape index (κ3) is 2.65. The zero-order chi connectivity index (χ0) is 26.7. The first-order chi connectivity index (χ1) is 18.1. The van der Waals surface area contributed by atoms with Crippen molar-refractivity contribution < 1.29 is 0 Å². The molecule has 0 unspecified atom stereocenters. The highest BCUT2D eigenvalue weighted by atomic mass is 14.4. The maximum absolute atomic E-state index is 9.92. The maximum atomic E-state index is 9.92. The number of nitrogens with zero attached hydrogens (tertiary/aromatic N) is 2. The van der Waals surface area contributed by atoms with Crippen LogP contribution in [-0.4, -0.2) is 0 Å². The Kier molecular flexibility index (Phi) is 4.27. The molecule has 38 heavy (non-hydrogen) atoms. The van der Waals surface area contributed by atoms with E-state index in [9.17, 15) is 10.5 Å². The summed E-state index contributed by atoms with van der Waals surface area (Å²) in [5, 5.41) is 34.4. The van der Waals surface area contributed by atoms with Gasteiger partial charge in [0.2, 0.25) is 0 Å². The van der Waals surface area contributed by atoms with Gasteiger partial charge in [-0.1, -0.05) is 90.1 Å². The summed E-state index contributed by atoms with van der Waals surface area (Å²) in [6, 6.07) is 26.0. The molecule has 7 aromatic rings. The first kappa shape index (κ1) is 22.8. The van der Waals surface area contributed by atoms with Crippen LogP contribution in [0.2, 0.25) is 0 Å². The molecule has 2 heteroatoms. The van der Waals surface area contributed by atoms with Gasteiger partial charge >= 0.3 is 0 Å². The highest BCUT2D eigenvalue weighted by molar-refractivity contribution is 6.41. The Morgan fingerprint density at radius 1 is 0.421 bits per heavy atom. The van der Waals surface area contributed by atoms with Crippen LogP contribution < -0.4 is 0 Å². The van der Waals surface area contributed by atoms with E-state index in [1.54, 1.807) is 0 Å². The first-order valence-corrected chi connectivity index (χ1v) is 13.3. The number of fused-ring (bicyclic) bond motifs is 6. The van der Waals surface area contributed by atoms with Gasteiger partial charge in [0.15, 0.2) is 0 Å². The fraction of sp³-hybridized carbons (Fsp3) is 0.222. The summed E-state index contributed by atoms with van der Waals surface area (Å²) in [5.74, 6) is 0. The summed E-state index contributed by atoms with van der Waals surface area (Å²) in [5.41, 5.74) is 3.85. The van der Waals surface area contributed by atoms with Crippen LogP contribution in [-0.2, 0) is 10.8 Å². The van der Waals surface area contributed by atoms with Gasteiger partial charge in [0.05, 0.1) is 23.3 Å². The molecule has 2 nitrogen and oxygen atoms in total. The molecular formula is C36H28N2. The second-order valence-electron chi connectivity index (χ2n) is 12.8. The fourth-order valence-electron chi connectivity index (χ4n) is 7.17. The van der Waals surface area contributed by atoms with E-state index >= 15 is 0 Å². The van der Waals surface area contributed by atoms with Gasteiger partial charge in [-0.25, -0.2) is 0 Å². The topological polar surface area (TPSA) is 47.6 Å². The van der Waals surface area contributed by atoms with E-state index in [-0.39, 0.29) is 10.8 Å². The summed E-state index contributed by atoms with van der Waals surface area (Å²) < 4.78 is 0. The van der Waals surface area contributed by atoms with Gasteiger partial charge < -0.3 is 0 Å². The van der Waals surface area contributed by atoms with Gasteiger partial charge in [-0.2, -0.15) is 10.5 Å². The lowest BCUT2D eigenvalue weighted by Gasteiger charge is -2.29. The van der Waals surface area contributed by atoms with E-state index in [4.69, 9.17) is 0 Å². The van der Waals surface area contributed by atoms with E-state index < -0.39 is 0 Å². The Morgan fingerprint density at radius 2 is 0.737 bits per heavy atom. The number of hydrogen-bond acceptors (Lipinski definition) is 2. The fourth-order valence-corrected chi connectivity index (χ4v) is 7.17. The third-order valence-corrected chi connectivity index (χ3v) is 8.40. The van der Waals surface area contributed by atoms with E-state index in [1.807, 2.05) is 12.1 Å². The highest BCUT2D eigenvalue weighted by Gasteiger charge is 2.33. The summed E-state index contributed by atoms with van der Waals surface area (Å²) >= 11 is 0. The van der Waals surface area contributed by atoms with Gasteiger partial charge in [-0.3, -0.25) is 0 Å². The van der Waals surface area contributed by atoms with Gasteiger partial charge in [-0.05, 0) is 88.0 Å². The molecule has 0 radical (unpaired) electrons. The normalized spacial score (nSPS) is 12.9. The molecule has 0 aliphatic carbocycles. The molecule has 0 bridgehead atoms. The standard InChI is InChI=1S/C36H28N2/c1-35(2,3)33-29-23-11-7-9-21-20(18-38)14-16-26(27(21)23)32(29)34(36(4,5)6)30-24-12-8-10-22-19(17-37)13-15-25(28(22)24)31(30)33/h7-16H,1-6H3. The average Bonchev–Trinajstić information content (AvgIpc) is 3.37. The second kappa shape index (κ2) is 7.12. The van der Waals surface area contributed by atoms with Crippen molar-refractivity contribution in [3.8, 4) is 12.1 Å². The molecule has 0 N–H and O–H groups in total. The third-order valence-electron chi connectivity index (χ3n) is 8.40. The quantitative estimate of drug-likeness (QED) is 0.213. The molecule has 182 valence electrons. The summed E-state index contributed by atoms with van der Waals surface area (Å²) in [6.07, 6.45) is 0. The van der Waals surface area contributed by atoms with Crippen LogP contribution in [0.1, 0.15) is 63.8 Å². The molecule has 0 saturated heterocycles. The summed E-state index contributed by atoms with van der Waals surface area (Å²) in [7, 11) is 0. The van der Waals surface area contributed by atoms with Gasteiger partial charge in [0.25, 0.3) is 0 Å². The lowest BCUT2D eigenvalue weighted by molar-refractivity contribution is 0.595. The SMILES string of the molecule is CC(C)(C)c1c2c3cccc4c(C#N)ccc(c2c(C(C)(C)C)c2c5cccc6c(C#N)ccc(c12)c65)c43. The van der Waals surface area contributed by atoms with E-state index in [1.165, 1.54) is 65.0 Å². The van der Waals surface area contributed by atoms with Crippen LogP contribution >= 0.6 is 0 Å². The van der Waals surface area contributed by atoms with Crippen molar-refractivity contribution in [3.63, 3.8) is 0 Å². The van der Waals surface area contributed by atoms with Gasteiger partial charge in [0.1, 0.15) is 0 Å². The predicted octanol–water partition coefficient (Wildman–Crippen LogP) is 9.82. The Bertz CT molecular complexity index is 1990. The molecule has 0 spiro atoms. The maximum Gasteiger partial charge on any atom is 0.0998 e. The lowest BCUT2D eigenvalue weighted by Crippen LogP contribution is -2.16. The van der Waals surface area contributed by atoms with Crippen molar-refractivity contribution in [2.45, 2.75) is 52.4 Å². The predicted molar refractivity (Wildman–Crippen MR) is 161 cm³/mol. The van der Waals surface area contributed by atoms with Crippen LogP contribution in [0.25, 0.3) is 64.6 Å². The second-order valence-corrected chi connectivity index (χ2v) is 12.8. The Balaban J connectivity index is 1.95. The summed E-state index contributed by atoms with van der Waals surface area (Å²) in [4.78, 5) is 0. The number of hydrogen-bond donors (Lipinski definition) is 0. The lowest BCUT2D eigenvalue weighted by atomic mass is 9.75. The average molecular weight is 489 g/mol. The molecular weight excluding hydrogens is 460 g/mol. The van der Waals surface area contributed by atoms with Crippen molar-refractivity contribution in [1.29, 1.82) is 10.5 Å². The Hall–Kier alpha value is -4.40. The van der Waals surface area contributed by atoms with Crippen LogP contribution in [0, 0.1) is 22.7 Å². The summed E-state index contributed by atoms with van der Waals surface area (Å²) in [6.45, 7) is 13.9. The molecule has 0 fully saturated rings. The Morgan fingerprint density at radius 3 is 1.05 bits per heavy atom. The minimum Gasteiger partial charge on any atom is -0.192 e. The van der Waals surface area contributed by atoms with Crippen molar-refractivity contribution in [2.24, 2.45) is 0 Å². The van der Waals surface area contributed by atoms with Crippen molar-refractivity contribution in [1.82, 2.24) is 0 Å². The molecule has 0 saturated carbocycles. The molecule has 0 aliphatic heterocycles. The minimum absolute atomic E-state index is 0.144. The van der Waals surface area contributed by atoms with Gasteiger partial charge in [-0.15, -0.1) is 0 Å². The first-order valence-electron chi connectivity index (χ1n) is 13.3. The number of nitriles is 2. The van der Waals surface area contributed by atoms with Crippen molar-refractivity contribution in [3.05, 3.63) is 82.9 Å². The number of rotatable bonds is 0. The molecule has 0 heterocycles. The van der Waals surface area contributed by atoms with Crippen molar-refractivity contribution in [2.75, 3.05) is 0 Å². The number of benzene rings is 5. The molecule has 7 aromatic carbocycles. The molecule has 0 aliphatic rings. The minimum atomic E-state index is -0.144.